The van der Waals surface area contributed by atoms with Gasteiger partial charge in [-0.15, -0.1) is 0 Å². The summed E-state index contributed by atoms with van der Waals surface area (Å²) in [5.41, 5.74) is 0.849. The normalized spacial score (nSPS) is 15.5. The summed E-state index contributed by atoms with van der Waals surface area (Å²) in [7, 11) is 0. The van der Waals surface area contributed by atoms with E-state index < -0.39 is 5.97 Å². The second-order valence-corrected chi connectivity index (χ2v) is 8.24. The van der Waals surface area contributed by atoms with E-state index in [-0.39, 0.29) is 12.7 Å². The SMILES string of the molecule is CCCCCCCCCCCCNC(CC)N1C#CC(C)=[N+](CC(=O)O)CCC1. The van der Waals surface area contributed by atoms with Crippen molar-refractivity contribution < 1.29 is 14.5 Å². The zero-order valence-corrected chi connectivity index (χ0v) is 19.1. The fourth-order valence-corrected chi connectivity index (χ4v) is 3.84. The maximum atomic E-state index is 11.0. The van der Waals surface area contributed by atoms with Crippen molar-refractivity contribution in [3.8, 4) is 12.0 Å². The van der Waals surface area contributed by atoms with Crippen LogP contribution in [-0.4, -0.2) is 58.6 Å². The Balaban J connectivity index is 2.26. The zero-order chi connectivity index (χ0) is 21.3. The lowest BCUT2D eigenvalue weighted by molar-refractivity contribution is -0.518. The van der Waals surface area contributed by atoms with Crippen LogP contribution in [0.2, 0.25) is 0 Å². The van der Waals surface area contributed by atoms with Gasteiger partial charge in [-0.2, -0.15) is 0 Å². The van der Waals surface area contributed by atoms with Gasteiger partial charge >= 0.3 is 5.97 Å². The van der Waals surface area contributed by atoms with Crippen LogP contribution in [-0.2, 0) is 4.79 Å². The number of carboxylic acid groups (broad SMARTS) is 1. The Hall–Kier alpha value is -1.54. The molecule has 0 amide bonds. The number of hydrogen-bond acceptors (Lipinski definition) is 3. The van der Waals surface area contributed by atoms with Gasteiger partial charge in [0.05, 0.1) is 6.17 Å². The van der Waals surface area contributed by atoms with Crippen LogP contribution in [0, 0.1) is 12.0 Å². The molecule has 0 aromatic rings. The van der Waals surface area contributed by atoms with E-state index in [0.29, 0.717) is 0 Å². The first-order valence-electron chi connectivity index (χ1n) is 11.9. The molecule has 0 radical (unpaired) electrons. The lowest BCUT2D eigenvalue weighted by Gasteiger charge is -2.29. The summed E-state index contributed by atoms with van der Waals surface area (Å²) in [5.74, 6) is 2.36. The molecule has 0 bridgehead atoms. The molecular formula is C24H44N3O2+. The molecule has 0 aromatic carbocycles. The predicted molar refractivity (Wildman–Crippen MR) is 121 cm³/mol. The van der Waals surface area contributed by atoms with Crippen LogP contribution in [0.4, 0.5) is 0 Å². The fourth-order valence-electron chi connectivity index (χ4n) is 3.84. The Morgan fingerprint density at radius 3 is 2.31 bits per heavy atom. The minimum Gasteiger partial charge on any atom is -0.477 e. The summed E-state index contributed by atoms with van der Waals surface area (Å²) < 4.78 is 1.87. The average molecular weight is 407 g/mol. The van der Waals surface area contributed by atoms with Crippen LogP contribution in [0.25, 0.3) is 0 Å². The highest BCUT2D eigenvalue weighted by atomic mass is 16.4. The third kappa shape index (κ3) is 11.9. The highest BCUT2D eigenvalue weighted by Crippen LogP contribution is 2.10. The van der Waals surface area contributed by atoms with E-state index in [1.807, 2.05) is 11.5 Å². The van der Waals surface area contributed by atoms with Gasteiger partial charge < -0.3 is 10.0 Å². The van der Waals surface area contributed by atoms with Crippen LogP contribution >= 0.6 is 0 Å². The van der Waals surface area contributed by atoms with E-state index >= 15 is 0 Å². The van der Waals surface area contributed by atoms with Crippen LogP contribution in [0.15, 0.2) is 0 Å². The number of carbonyl (C=O) groups is 1. The van der Waals surface area contributed by atoms with Crippen molar-refractivity contribution in [2.24, 2.45) is 0 Å². The maximum absolute atomic E-state index is 11.0. The summed E-state index contributed by atoms with van der Waals surface area (Å²) in [4.78, 5) is 13.2. The first-order chi connectivity index (χ1) is 14.1. The van der Waals surface area contributed by atoms with Gasteiger partial charge in [0.15, 0.2) is 0 Å². The summed E-state index contributed by atoms with van der Waals surface area (Å²) in [6.07, 6.45) is 15.8. The van der Waals surface area contributed by atoms with Gasteiger partial charge in [-0.05, 0) is 19.4 Å². The average Bonchev–Trinajstić information content (AvgIpc) is 2.69. The molecule has 1 rings (SSSR count). The lowest BCUT2D eigenvalue weighted by atomic mass is 10.1. The van der Waals surface area contributed by atoms with Crippen molar-refractivity contribution >= 4 is 11.7 Å². The van der Waals surface area contributed by atoms with Crippen molar-refractivity contribution in [1.29, 1.82) is 0 Å². The molecule has 2 N–H and O–H groups in total. The zero-order valence-electron chi connectivity index (χ0n) is 19.1. The molecular weight excluding hydrogens is 362 g/mol. The number of carboxylic acids is 1. The molecule has 1 unspecified atom stereocenters. The predicted octanol–water partition coefficient (Wildman–Crippen LogP) is 4.46. The second-order valence-electron chi connectivity index (χ2n) is 8.24. The standard InChI is InChI=1S/C24H43N3O2/c1-4-6-7-8-9-10-11-12-13-14-17-25-23(5-2)26-18-15-19-27(21-24(28)29)22(3)16-20-26/h23,25H,4-15,17-19,21H2,1-3H3/p+1. The Labute approximate surface area is 178 Å². The molecule has 5 nitrogen and oxygen atoms in total. The van der Waals surface area contributed by atoms with Crippen molar-refractivity contribution in [3.05, 3.63) is 0 Å². The molecule has 1 aliphatic rings. The van der Waals surface area contributed by atoms with Crippen LogP contribution < -0.4 is 5.32 Å². The second kappa shape index (κ2) is 16.3. The first-order valence-corrected chi connectivity index (χ1v) is 11.9. The lowest BCUT2D eigenvalue weighted by Crippen LogP contribution is -2.45. The largest absolute Gasteiger partial charge is 0.477 e. The fraction of sp³-hybridized carbons (Fsp3) is 0.833. The quantitative estimate of drug-likeness (QED) is 0.226. The van der Waals surface area contributed by atoms with Gasteiger partial charge in [0.2, 0.25) is 12.3 Å². The maximum Gasteiger partial charge on any atom is 0.369 e. The van der Waals surface area contributed by atoms with Gasteiger partial charge in [-0.3, -0.25) is 5.32 Å². The monoisotopic (exact) mass is 406 g/mol. The number of nitrogens with zero attached hydrogens (tertiary/aromatic N) is 2. The molecule has 1 atom stereocenters. The Morgan fingerprint density at radius 2 is 1.72 bits per heavy atom. The summed E-state index contributed by atoms with van der Waals surface area (Å²) in [6.45, 7) is 9.09. The molecule has 1 aliphatic heterocycles. The molecule has 0 aromatic heterocycles. The van der Waals surface area contributed by atoms with Gasteiger partial charge in [-0.1, -0.05) is 71.6 Å². The van der Waals surface area contributed by atoms with Crippen LogP contribution in [0.5, 0.6) is 0 Å². The molecule has 166 valence electrons. The van der Waals surface area contributed by atoms with Crippen LogP contribution in [0.1, 0.15) is 97.8 Å². The number of hydrogen-bond donors (Lipinski definition) is 2. The summed E-state index contributed by atoms with van der Waals surface area (Å²) in [6, 6.07) is 3.26. The molecule has 1 heterocycles. The van der Waals surface area contributed by atoms with E-state index in [1.165, 1.54) is 64.2 Å². The van der Waals surface area contributed by atoms with Gasteiger partial charge in [0.25, 0.3) is 0 Å². The molecule has 0 saturated carbocycles. The highest BCUT2D eigenvalue weighted by Gasteiger charge is 2.19. The van der Waals surface area contributed by atoms with E-state index in [2.05, 4.69) is 36.0 Å². The summed E-state index contributed by atoms with van der Waals surface area (Å²) in [5, 5.41) is 12.7. The van der Waals surface area contributed by atoms with Crippen molar-refractivity contribution in [2.45, 2.75) is 104 Å². The molecule has 0 aliphatic carbocycles. The van der Waals surface area contributed by atoms with Crippen LogP contribution in [0.3, 0.4) is 0 Å². The number of aliphatic carboxylic acids is 1. The summed E-state index contributed by atoms with van der Waals surface area (Å²) >= 11 is 0. The molecule has 0 saturated heterocycles. The smallest absolute Gasteiger partial charge is 0.369 e. The van der Waals surface area contributed by atoms with E-state index in [9.17, 15) is 4.79 Å². The molecule has 0 spiro atoms. The Bertz CT molecular complexity index is 548. The Kier molecular flexibility index (Phi) is 14.3. The number of nitrogens with one attached hydrogen (secondary N) is 1. The van der Waals surface area contributed by atoms with Gasteiger partial charge in [0, 0.05) is 31.9 Å². The molecule has 0 fully saturated rings. The van der Waals surface area contributed by atoms with Crippen molar-refractivity contribution in [3.63, 3.8) is 0 Å². The third-order valence-corrected chi connectivity index (χ3v) is 5.68. The topological polar surface area (TPSA) is 55.6 Å². The van der Waals surface area contributed by atoms with E-state index in [1.54, 1.807) is 0 Å². The molecule has 29 heavy (non-hydrogen) atoms. The van der Waals surface area contributed by atoms with E-state index in [4.69, 9.17) is 5.11 Å². The Morgan fingerprint density at radius 1 is 1.10 bits per heavy atom. The third-order valence-electron chi connectivity index (χ3n) is 5.68. The number of unbranched alkanes of at least 4 members (excludes halogenated alkanes) is 9. The minimum absolute atomic E-state index is 0.0364. The van der Waals surface area contributed by atoms with Crippen molar-refractivity contribution in [2.75, 3.05) is 26.2 Å². The van der Waals surface area contributed by atoms with E-state index in [0.717, 1.165) is 38.2 Å². The first kappa shape index (κ1) is 25.5. The highest BCUT2D eigenvalue weighted by molar-refractivity contribution is 5.94. The van der Waals surface area contributed by atoms with Gasteiger partial charge in [0.1, 0.15) is 6.54 Å². The molecule has 5 heteroatoms. The van der Waals surface area contributed by atoms with Crippen molar-refractivity contribution in [1.82, 2.24) is 10.2 Å². The van der Waals surface area contributed by atoms with Gasteiger partial charge in [-0.25, -0.2) is 9.37 Å². The number of rotatable bonds is 16. The minimum atomic E-state index is -0.798.